The first kappa shape index (κ1) is 16.0. The Labute approximate surface area is 152 Å². The lowest BCUT2D eigenvalue weighted by atomic mass is 10.1. The molecule has 0 radical (unpaired) electrons. The monoisotopic (exact) mass is 353 g/mol. The Morgan fingerprint density at radius 1 is 1.20 bits per heavy atom. The van der Waals surface area contributed by atoms with Gasteiger partial charge in [0.25, 0.3) is 0 Å². The minimum absolute atomic E-state index is 0.747. The molecule has 1 aliphatic heterocycles. The van der Waals surface area contributed by atoms with Crippen LogP contribution < -0.4 is 10.1 Å². The van der Waals surface area contributed by atoms with E-state index in [0.717, 1.165) is 52.9 Å². The van der Waals surface area contributed by atoms with Crippen molar-refractivity contribution in [2.45, 2.75) is 19.8 Å². The Morgan fingerprint density at radius 3 is 2.72 bits per heavy atom. The van der Waals surface area contributed by atoms with Crippen LogP contribution in [-0.2, 0) is 12.8 Å². The maximum Gasteiger partial charge on any atom is 0.133 e. The second-order valence-electron chi connectivity index (χ2n) is 6.32. The summed E-state index contributed by atoms with van der Waals surface area (Å²) >= 11 is 6.10. The van der Waals surface area contributed by atoms with E-state index in [9.17, 15) is 0 Å². The van der Waals surface area contributed by atoms with Crippen LogP contribution in [0.2, 0.25) is 5.02 Å². The van der Waals surface area contributed by atoms with E-state index in [2.05, 4.69) is 24.4 Å². The average Bonchev–Trinajstić information content (AvgIpc) is 3.20. The molecule has 4 nitrogen and oxygen atoms in total. The zero-order valence-corrected chi connectivity index (χ0v) is 15.1. The summed E-state index contributed by atoms with van der Waals surface area (Å²) in [6.45, 7) is 3.02. The van der Waals surface area contributed by atoms with Gasteiger partial charge in [-0.1, -0.05) is 23.7 Å². The summed E-state index contributed by atoms with van der Waals surface area (Å²) in [4.78, 5) is 0. The minimum Gasteiger partial charge on any atom is -0.497 e. The molecule has 128 valence electrons. The first-order valence-corrected chi connectivity index (χ1v) is 8.77. The van der Waals surface area contributed by atoms with Crippen LogP contribution in [0, 0.1) is 6.92 Å². The summed E-state index contributed by atoms with van der Waals surface area (Å²) in [6.07, 6.45) is 1.82. The molecule has 0 amide bonds. The van der Waals surface area contributed by atoms with Crippen molar-refractivity contribution in [1.29, 1.82) is 0 Å². The van der Waals surface area contributed by atoms with Crippen molar-refractivity contribution >= 4 is 17.4 Å². The van der Waals surface area contributed by atoms with Gasteiger partial charge in [-0.2, -0.15) is 5.10 Å². The maximum atomic E-state index is 6.10. The van der Waals surface area contributed by atoms with Crippen LogP contribution in [0.15, 0.2) is 42.5 Å². The van der Waals surface area contributed by atoms with Gasteiger partial charge in [-0.15, -0.1) is 0 Å². The predicted molar refractivity (Wildman–Crippen MR) is 101 cm³/mol. The van der Waals surface area contributed by atoms with Crippen LogP contribution in [-0.4, -0.2) is 23.4 Å². The van der Waals surface area contributed by atoms with E-state index >= 15 is 0 Å². The van der Waals surface area contributed by atoms with E-state index in [4.69, 9.17) is 21.4 Å². The van der Waals surface area contributed by atoms with Gasteiger partial charge in [-0.25, -0.2) is 4.68 Å². The van der Waals surface area contributed by atoms with Gasteiger partial charge in [0.1, 0.15) is 11.6 Å². The molecule has 0 saturated carbocycles. The fourth-order valence-corrected chi connectivity index (χ4v) is 3.58. The second-order valence-corrected chi connectivity index (χ2v) is 6.75. The first-order chi connectivity index (χ1) is 12.2. The van der Waals surface area contributed by atoms with Gasteiger partial charge < -0.3 is 10.1 Å². The van der Waals surface area contributed by atoms with Crippen molar-refractivity contribution in [3.63, 3.8) is 0 Å². The minimum atomic E-state index is 0.747. The summed E-state index contributed by atoms with van der Waals surface area (Å²) in [6, 6.07) is 14.1. The SMILES string of the molecule is COc1ccc(Cc2nn(-c3ccc(Cl)cc3C)c3c2CCN3)cc1. The van der Waals surface area contributed by atoms with E-state index < -0.39 is 0 Å². The molecular weight excluding hydrogens is 334 g/mol. The van der Waals surface area contributed by atoms with Crippen LogP contribution in [0.25, 0.3) is 5.69 Å². The number of halogens is 1. The quantitative estimate of drug-likeness (QED) is 0.755. The van der Waals surface area contributed by atoms with Crippen molar-refractivity contribution in [3.05, 3.63) is 69.9 Å². The molecule has 25 heavy (non-hydrogen) atoms. The van der Waals surface area contributed by atoms with Gasteiger partial charge in [0, 0.05) is 23.6 Å². The number of rotatable bonds is 4. The fourth-order valence-electron chi connectivity index (χ4n) is 3.36. The molecule has 2 heterocycles. The van der Waals surface area contributed by atoms with Crippen molar-refractivity contribution < 1.29 is 4.74 Å². The van der Waals surface area contributed by atoms with Crippen molar-refractivity contribution in [3.8, 4) is 11.4 Å². The first-order valence-electron chi connectivity index (χ1n) is 8.40. The highest BCUT2D eigenvalue weighted by molar-refractivity contribution is 6.30. The third kappa shape index (κ3) is 2.98. The summed E-state index contributed by atoms with van der Waals surface area (Å²) in [5.41, 5.74) is 5.84. The van der Waals surface area contributed by atoms with Crippen molar-refractivity contribution in [2.75, 3.05) is 19.0 Å². The van der Waals surface area contributed by atoms with Gasteiger partial charge in [-0.3, -0.25) is 0 Å². The van der Waals surface area contributed by atoms with Crippen LogP contribution in [0.5, 0.6) is 5.75 Å². The normalized spacial score (nSPS) is 12.8. The summed E-state index contributed by atoms with van der Waals surface area (Å²) in [5, 5.41) is 9.14. The Balaban J connectivity index is 1.72. The molecule has 1 N–H and O–H groups in total. The highest BCUT2D eigenvalue weighted by Crippen LogP contribution is 2.31. The third-order valence-corrected chi connectivity index (χ3v) is 4.89. The molecule has 0 saturated heterocycles. The number of benzene rings is 2. The fraction of sp³-hybridized carbons (Fsp3) is 0.250. The topological polar surface area (TPSA) is 39.1 Å². The molecule has 3 aromatic rings. The van der Waals surface area contributed by atoms with Gasteiger partial charge in [0.2, 0.25) is 0 Å². The molecule has 4 rings (SSSR count). The molecule has 0 atom stereocenters. The highest BCUT2D eigenvalue weighted by atomic mass is 35.5. The Hall–Kier alpha value is -2.46. The number of methoxy groups -OCH3 is 1. The molecule has 1 aliphatic rings. The summed E-state index contributed by atoms with van der Waals surface area (Å²) < 4.78 is 7.26. The second kappa shape index (κ2) is 6.45. The van der Waals surface area contributed by atoms with E-state index in [-0.39, 0.29) is 0 Å². The number of hydrogen-bond acceptors (Lipinski definition) is 3. The van der Waals surface area contributed by atoms with E-state index in [0.29, 0.717) is 0 Å². The molecule has 0 unspecified atom stereocenters. The Kier molecular flexibility index (Phi) is 4.14. The Morgan fingerprint density at radius 2 is 2.00 bits per heavy atom. The number of anilines is 1. The van der Waals surface area contributed by atoms with Crippen LogP contribution in [0.4, 0.5) is 5.82 Å². The van der Waals surface area contributed by atoms with E-state index in [1.165, 1.54) is 11.1 Å². The lowest BCUT2D eigenvalue weighted by molar-refractivity contribution is 0.414. The summed E-state index contributed by atoms with van der Waals surface area (Å²) in [7, 11) is 1.68. The third-order valence-electron chi connectivity index (χ3n) is 4.65. The maximum absolute atomic E-state index is 6.10. The number of nitrogens with one attached hydrogen (secondary N) is 1. The van der Waals surface area contributed by atoms with Gasteiger partial charge in [0.15, 0.2) is 0 Å². The lowest BCUT2D eigenvalue weighted by Gasteiger charge is -2.10. The lowest BCUT2D eigenvalue weighted by Crippen LogP contribution is -2.06. The van der Waals surface area contributed by atoms with Crippen LogP contribution >= 0.6 is 11.6 Å². The standard InChI is InChI=1S/C20H20ClN3O/c1-13-11-15(21)5-8-19(13)24-20-17(9-10-22-20)18(23-24)12-14-3-6-16(25-2)7-4-14/h3-8,11,22H,9-10,12H2,1-2H3. The summed E-state index contributed by atoms with van der Waals surface area (Å²) in [5.74, 6) is 1.98. The van der Waals surface area contributed by atoms with Gasteiger partial charge >= 0.3 is 0 Å². The molecular formula is C20H20ClN3O. The van der Waals surface area contributed by atoms with E-state index in [1.54, 1.807) is 7.11 Å². The zero-order valence-electron chi connectivity index (χ0n) is 14.3. The number of nitrogens with zero attached hydrogens (tertiary/aromatic N) is 2. The number of hydrogen-bond donors (Lipinski definition) is 1. The molecule has 1 aromatic heterocycles. The smallest absolute Gasteiger partial charge is 0.133 e. The van der Waals surface area contributed by atoms with Gasteiger partial charge in [-0.05, 0) is 54.8 Å². The predicted octanol–water partition coefficient (Wildman–Crippen LogP) is 4.40. The van der Waals surface area contributed by atoms with E-state index in [1.807, 2.05) is 35.0 Å². The average molecular weight is 354 g/mol. The molecule has 0 aliphatic carbocycles. The Bertz CT molecular complexity index is 915. The molecule has 2 aromatic carbocycles. The van der Waals surface area contributed by atoms with Crippen LogP contribution in [0.3, 0.4) is 0 Å². The van der Waals surface area contributed by atoms with Crippen molar-refractivity contribution in [1.82, 2.24) is 9.78 Å². The molecule has 0 fully saturated rings. The molecule has 0 spiro atoms. The number of ether oxygens (including phenoxy) is 1. The number of fused-ring (bicyclic) bond motifs is 1. The number of aromatic nitrogens is 2. The zero-order chi connectivity index (χ0) is 17.4. The number of aryl methyl sites for hydroxylation is 1. The highest BCUT2D eigenvalue weighted by Gasteiger charge is 2.23. The van der Waals surface area contributed by atoms with Crippen LogP contribution in [0.1, 0.15) is 22.4 Å². The largest absolute Gasteiger partial charge is 0.497 e. The molecule has 5 heteroatoms. The van der Waals surface area contributed by atoms with Gasteiger partial charge in [0.05, 0.1) is 18.5 Å². The molecule has 0 bridgehead atoms. The van der Waals surface area contributed by atoms with Crippen molar-refractivity contribution in [2.24, 2.45) is 0 Å².